The predicted molar refractivity (Wildman–Crippen MR) is 59.3 cm³/mol. The number of anilines is 1. The van der Waals surface area contributed by atoms with E-state index in [4.69, 9.17) is 10.6 Å². The van der Waals surface area contributed by atoms with Crippen molar-refractivity contribution in [3.8, 4) is 5.75 Å². The summed E-state index contributed by atoms with van der Waals surface area (Å²) >= 11 is 0. The molecule has 0 unspecified atom stereocenters. The average Bonchev–Trinajstić information content (AvgIpc) is 2.15. The number of fused-ring (bicyclic) bond motifs is 1. The van der Waals surface area contributed by atoms with Crippen molar-refractivity contribution in [1.82, 2.24) is 0 Å². The lowest BCUT2D eigenvalue weighted by Crippen LogP contribution is -2.50. The van der Waals surface area contributed by atoms with E-state index in [1.807, 2.05) is 13.8 Å². The summed E-state index contributed by atoms with van der Waals surface area (Å²) < 4.78 is 5.68. The van der Waals surface area contributed by atoms with Gasteiger partial charge in [0.05, 0.1) is 11.5 Å². The average molecular weight is 223 g/mol. The number of nitro groups is 1. The third kappa shape index (κ3) is 1.79. The molecule has 2 N–H and O–H groups in total. The van der Waals surface area contributed by atoms with Gasteiger partial charge in [-0.25, -0.2) is 5.84 Å². The first-order valence-corrected chi connectivity index (χ1v) is 4.89. The fraction of sp³-hybridized carbons (Fsp3) is 0.400. The normalized spacial score (nSPS) is 17.6. The molecule has 0 amide bonds. The second kappa shape index (κ2) is 3.34. The molecule has 0 spiro atoms. The SMILES string of the molecule is CC1(C)CN(N)c2cc([N+](=O)[O-])ccc2O1. The maximum atomic E-state index is 10.6. The van der Waals surface area contributed by atoms with Gasteiger partial charge in [0.2, 0.25) is 0 Å². The zero-order valence-electron chi connectivity index (χ0n) is 9.14. The number of non-ortho nitro benzene ring substituents is 1. The minimum absolute atomic E-state index is 0.0116. The summed E-state index contributed by atoms with van der Waals surface area (Å²) in [5.74, 6) is 6.40. The zero-order valence-corrected chi connectivity index (χ0v) is 9.14. The van der Waals surface area contributed by atoms with Crippen LogP contribution in [0.1, 0.15) is 13.8 Å². The van der Waals surface area contributed by atoms with Crippen molar-refractivity contribution in [3.05, 3.63) is 28.3 Å². The second-order valence-electron chi connectivity index (χ2n) is 4.40. The lowest BCUT2D eigenvalue weighted by atomic mass is 10.1. The van der Waals surface area contributed by atoms with Crippen molar-refractivity contribution in [2.75, 3.05) is 11.6 Å². The molecule has 1 aliphatic rings. The monoisotopic (exact) mass is 223 g/mol. The molecule has 16 heavy (non-hydrogen) atoms. The van der Waals surface area contributed by atoms with Crippen molar-refractivity contribution >= 4 is 11.4 Å². The van der Waals surface area contributed by atoms with Gasteiger partial charge in [-0.1, -0.05) is 0 Å². The summed E-state index contributed by atoms with van der Waals surface area (Å²) in [5.41, 5.74) is 0.170. The van der Waals surface area contributed by atoms with Crippen LogP contribution in [0.5, 0.6) is 5.75 Å². The first kappa shape index (κ1) is 10.7. The highest BCUT2D eigenvalue weighted by Crippen LogP contribution is 2.37. The number of hydrogen-bond donors (Lipinski definition) is 1. The van der Waals surface area contributed by atoms with E-state index in [1.54, 1.807) is 6.07 Å². The van der Waals surface area contributed by atoms with Gasteiger partial charge in [0.25, 0.3) is 5.69 Å². The van der Waals surface area contributed by atoms with Gasteiger partial charge in [0, 0.05) is 12.1 Å². The highest BCUT2D eigenvalue weighted by molar-refractivity contribution is 5.64. The number of nitrogens with zero attached hydrogens (tertiary/aromatic N) is 2. The number of hydrazine groups is 1. The smallest absolute Gasteiger partial charge is 0.271 e. The van der Waals surface area contributed by atoms with Gasteiger partial charge >= 0.3 is 0 Å². The minimum Gasteiger partial charge on any atom is -0.484 e. The third-order valence-corrected chi connectivity index (χ3v) is 2.40. The van der Waals surface area contributed by atoms with Gasteiger partial charge in [-0.3, -0.25) is 10.1 Å². The molecule has 6 nitrogen and oxygen atoms in total. The van der Waals surface area contributed by atoms with Crippen LogP contribution in [0.25, 0.3) is 0 Å². The van der Waals surface area contributed by atoms with Crippen LogP contribution >= 0.6 is 0 Å². The molecule has 0 radical (unpaired) electrons. The van der Waals surface area contributed by atoms with Crippen molar-refractivity contribution in [1.29, 1.82) is 0 Å². The van der Waals surface area contributed by atoms with Gasteiger partial charge in [0.1, 0.15) is 17.0 Å². The quantitative estimate of drug-likeness (QED) is 0.442. The summed E-state index contributed by atoms with van der Waals surface area (Å²) in [6.45, 7) is 4.32. The van der Waals surface area contributed by atoms with E-state index in [0.717, 1.165) is 0 Å². The van der Waals surface area contributed by atoms with E-state index < -0.39 is 10.5 Å². The zero-order chi connectivity index (χ0) is 11.9. The van der Waals surface area contributed by atoms with E-state index in [9.17, 15) is 10.1 Å². The molecule has 2 rings (SSSR count). The molecule has 6 heteroatoms. The molecule has 0 bridgehead atoms. The molecule has 1 heterocycles. The van der Waals surface area contributed by atoms with Crippen LogP contribution in [-0.4, -0.2) is 17.1 Å². The highest BCUT2D eigenvalue weighted by atomic mass is 16.6. The Kier molecular flexibility index (Phi) is 2.23. The fourth-order valence-corrected chi connectivity index (χ4v) is 1.76. The number of nitrogens with two attached hydrogens (primary N) is 1. The van der Waals surface area contributed by atoms with Gasteiger partial charge in [-0.2, -0.15) is 0 Å². The molecule has 1 aliphatic heterocycles. The van der Waals surface area contributed by atoms with Crippen LogP contribution in [-0.2, 0) is 0 Å². The number of benzene rings is 1. The Morgan fingerprint density at radius 3 is 2.88 bits per heavy atom. The van der Waals surface area contributed by atoms with Crippen molar-refractivity contribution < 1.29 is 9.66 Å². The fourth-order valence-electron chi connectivity index (χ4n) is 1.76. The lowest BCUT2D eigenvalue weighted by Gasteiger charge is -2.38. The lowest BCUT2D eigenvalue weighted by molar-refractivity contribution is -0.384. The summed E-state index contributed by atoms with van der Waals surface area (Å²) in [4.78, 5) is 10.2. The second-order valence-corrected chi connectivity index (χ2v) is 4.40. The van der Waals surface area contributed by atoms with Crippen LogP contribution in [0.4, 0.5) is 11.4 Å². The van der Waals surface area contributed by atoms with Crippen LogP contribution < -0.4 is 15.6 Å². The Morgan fingerprint density at radius 1 is 1.56 bits per heavy atom. The van der Waals surface area contributed by atoms with Crippen LogP contribution in [0.2, 0.25) is 0 Å². The molecule has 86 valence electrons. The molecule has 0 saturated heterocycles. The van der Waals surface area contributed by atoms with Crippen molar-refractivity contribution in [2.24, 2.45) is 5.84 Å². The molecule has 0 aromatic heterocycles. The Hall–Kier alpha value is -1.82. The van der Waals surface area contributed by atoms with Crippen molar-refractivity contribution in [3.63, 3.8) is 0 Å². The largest absolute Gasteiger partial charge is 0.484 e. The minimum atomic E-state index is -0.451. The van der Waals surface area contributed by atoms with E-state index in [0.29, 0.717) is 18.0 Å². The molecule has 1 aromatic rings. The Morgan fingerprint density at radius 2 is 2.25 bits per heavy atom. The van der Waals surface area contributed by atoms with Gasteiger partial charge < -0.3 is 9.75 Å². The number of rotatable bonds is 1. The van der Waals surface area contributed by atoms with Crippen LogP contribution in [0.3, 0.4) is 0 Å². The highest BCUT2D eigenvalue weighted by Gasteiger charge is 2.31. The summed E-state index contributed by atoms with van der Waals surface area (Å²) in [5, 5.41) is 12.1. The molecular weight excluding hydrogens is 210 g/mol. The standard InChI is InChI=1S/C10H13N3O3/c1-10(2)6-12(11)8-5-7(13(14)15)3-4-9(8)16-10/h3-5H,6,11H2,1-2H3. The molecular formula is C10H13N3O3. The molecule has 0 saturated carbocycles. The maximum Gasteiger partial charge on any atom is 0.271 e. The van der Waals surface area contributed by atoms with Crippen LogP contribution in [0, 0.1) is 10.1 Å². The number of hydrogen-bond acceptors (Lipinski definition) is 5. The summed E-state index contributed by atoms with van der Waals surface area (Å²) in [7, 11) is 0. The van der Waals surface area contributed by atoms with Crippen molar-refractivity contribution in [2.45, 2.75) is 19.4 Å². The summed E-state index contributed by atoms with van der Waals surface area (Å²) in [6.07, 6.45) is 0. The predicted octanol–water partition coefficient (Wildman–Crippen LogP) is 1.45. The van der Waals surface area contributed by atoms with E-state index in [2.05, 4.69) is 0 Å². The Bertz CT molecular complexity index is 445. The van der Waals surface area contributed by atoms with Crippen LogP contribution in [0.15, 0.2) is 18.2 Å². The summed E-state index contributed by atoms with van der Waals surface area (Å²) in [6, 6.07) is 4.41. The number of nitro benzene ring substituents is 1. The van der Waals surface area contributed by atoms with Gasteiger partial charge in [0.15, 0.2) is 0 Å². The molecule has 0 aliphatic carbocycles. The topological polar surface area (TPSA) is 81.6 Å². The number of ether oxygens (including phenoxy) is 1. The Labute approximate surface area is 92.7 Å². The first-order chi connectivity index (χ1) is 7.39. The van der Waals surface area contributed by atoms with E-state index >= 15 is 0 Å². The molecule has 1 aromatic carbocycles. The van der Waals surface area contributed by atoms with Gasteiger partial charge in [-0.05, 0) is 19.9 Å². The van der Waals surface area contributed by atoms with Gasteiger partial charge in [-0.15, -0.1) is 0 Å². The van der Waals surface area contributed by atoms with E-state index in [1.165, 1.54) is 17.1 Å². The maximum absolute atomic E-state index is 10.6. The molecule has 0 atom stereocenters. The molecule has 0 fully saturated rings. The third-order valence-electron chi connectivity index (χ3n) is 2.40. The van der Waals surface area contributed by atoms with E-state index in [-0.39, 0.29) is 5.69 Å². The Balaban J connectivity index is 2.45. The first-order valence-electron chi connectivity index (χ1n) is 4.89.